The predicted molar refractivity (Wildman–Crippen MR) is 148 cm³/mol. The van der Waals surface area contributed by atoms with E-state index in [-0.39, 0.29) is 28.8 Å². The van der Waals surface area contributed by atoms with Gasteiger partial charge < -0.3 is 19.6 Å². The quantitative estimate of drug-likeness (QED) is 0.270. The second kappa shape index (κ2) is 11.8. The molecule has 1 aliphatic rings. The number of ether oxygens (including phenoxy) is 1. The highest BCUT2D eigenvalue weighted by Gasteiger charge is 2.22. The fourth-order valence-corrected chi connectivity index (χ4v) is 4.46. The lowest BCUT2D eigenvalue weighted by Crippen LogP contribution is -2.50. The molecule has 0 saturated carbocycles. The van der Waals surface area contributed by atoms with Gasteiger partial charge in [0.25, 0.3) is 11.8 Å². The Bertz CT molecular complexity index is 1520. The number of hydrazone groups is 1. The number of rotatable bonds is 7. The van der Waals surface area contributed by atoms with Crippen molar-refractivity contribution in [2.45, 2.75) is 0 Å². The lowest BCUT2D eigenvalue weighted by atomic mass is 10.0. The maximum Gasteiger partial charge on any atom is 0.271 e. The largest absolute Gasteiger partial charge is 0.506 e. The molecular weight excluding hydrogens is 520 g/mol. The molecule has 1 aliphatic heterocycles. The van der Waals surface area contributed by atoms with Crippen LogP contribution < -0.4 is 15.1 Å². The summed E-state index contributed by atoms with van der Waals surface area (Å²) in [6.07, 6.45) is 6.55. The number of benzene rings is 3. The molecule has 10 nitrogen and oxygen atoms in total. The van der Waals surface area contributed by atoms with Crippen LogP contribution in [0.2, 0.25) is 5.02 Å². The molecule has 0 aliphatic carbocycles. The van der Waals surface area contributed by atoms with Gasteiger partial charge >= 0.3 is 0 Å². The molecule has 39 heavy (non-hydrogen) atoms. The highest BCUT2D eigenvalue weighted by Crippen LogP contribution is 2.28. The van der Waals surface area contributed by atoms with Gasteiger partial charge in [0.05, 0.1) is 17.4 Å². The van der Waals surface area contributed by atoms with E-state index in [1.807, 2.05) is 30.3 Å². The lowest BCUT2D eigenvalue weighted by molar-refractivity contribution is -0.133. The smallest absolute Gasteiger partial charge is 0.271 e. The molecule has 1 saturated heterocycles. The molecule has 1 fully saturated rings. The zero-order valence-electron chi connectivity index (χ0n) is 20.8. The summed E-state index contributed by atoms with van der Waals surface area (Å²) in [5, 5.41) is 15.3. The Labute approximate surface area is 229 Å². The van der Waals surface area contributed by atoms with Crippen LogP contribution in [0.15, 0.2) is 78.3 Å². The van der Waals surface area contributed by atoms with E-state index in [1.54, 1.807) is 29.6 Å². The number of phenols is 1. The summed E-state index contributed by atoms with van der Waals surface area (Å²) in [6.45, 7) is 2.44. The second-order valence-corrected chi connectivity index (χ2v) is 9.19. The van der Waals surface area contributed by atoms with Crippen LogP contribution in [0, 0.1) is 0 Å². The Morgan fingerprint density at radius 2 is 1.85 bits per heavy atom. The third-order valence-electron chi connectivity index (χ3n) is 6.35. The van der Waals surface area contributed by atoms with Crippen molar-refractivity contribution in [1.29, 1.82) is 0 Å². The van der Waals surface area contributed by atoms with Crippen molar-refractivity contribution in [2.24, 2.45) is 5.10 Å². The van der Waals surface area contributed by atoms with Crippen molar-refractivity contribution in [2.75, 3.05) is 37.7 Å². The van der Waals surface area contributed by atoms with Crippen molar-refractivity contribution in [3.05, 3.63) is 89.3 Å². The summed E-state index contributed by atoms with van der Waals surface area (Å²) in [4.78, 5) is 37.5. The van der Waals surface area contributed by atoms with Gasteiger partial charge in [0.1, 0.15) is 17.3 Å². The van der Waals surface area contributed by atoms with Gasteiger partial charge in [-0.3, -0.25) is 14.6 Å². The van der Waals surface area contributed by atoms with E-state index in [0.717, 1.165) is 22.2 Å². The highest BCUT2D eigenvalue weighted by atomic mass is 35.5. The number of fused-ring (bicyclic) bond motifs is 1. The van der Waals surface area contributed by atoms with Gasteiger partial charge in [0, 0.05) is 55.1 Å². The van der Waals surface area contributed by atoms with Gasteiger partial charge in [0.15, 0.2) is 6.61 Å². The van der Waals surface area contributed by atoms with Crippen LogP contribution in [0.1, 0.15) is 15.9 Å². The van der Waals surface area contributed by atoms with Crippen LogP contribution in [0.3, 0.4) is 0 Å². The third-order valence-corrected chi connectivity index (χ3v) is 6.66. The molecule has 0 spiro atoms. The first-order chi connectivity index (χ1) is 19.0. The van der Waals surface area contributed by atoms with Crippen molar-refractivity contribution in [3.8, 4) is 11.5 Å². The third kappa shape index (κ3) is 6.07. The van der Waals surface area contributed by atoms with Crippen molar-refractivity contribution in [3.63, 3.8) is 0 Å². The van der Waals surface area contributed by atoms with E-state index >= 15 is 0 Å². The number of carbonyl (C=O) groups excluding carboxylic acids is 2. The molecule has 3 aromatic carbocycles. The highest BCUT2D eigenvalue weighted by molar-refractivity contribution is 6.32. The van der Waals surface area contributed by atoms with E-state index in [2.05, 4.69) is 25.4 Å². The Morgan fingerprint density at radius 3 is 2.59 bits per heavy atom. The van der Waals surface area contributed by atoms with Crippen LogP contribution in [-0.4, -0.2) is 70.8 Å². The first-order valence-electron chi connectivity index (χ1n) is 12.2. The van der Waals surface area contributed by atoms with Gasteiger partial charge in [-0.1, -0.05) is 35.9 Å². The van der Waals surface area contributed by atoms with Crippen molar-refractivity contribution in [1.82, 2.24) is 20.3 Å². The normalized spacial score (nSPS) is 13.6. The number of anilines is 1. The van der Waals surface area contributed by atoms with Gasteiger partial charge in [-0.2, -0.15) is 5.10 Å². The number of nitrogens with one attached hydrogen (secondary N) is 1. The number of hydrogen-bond donors (Lipinski definition) is 2. The Hall–Kier alpha value is -4.70. The van der Waals surface area contributed by atoms with Gasteiger partial charge in [-0.15, -0.1) is 0 Å². The molecule has 2 N–H and O–H groups in total. The average molecular weight is 545 g/mol. The number of carbonyl (C=O) groups is 2. The Kier molecular flexibility index (Phi) is 7.83. The molecule has 4 aromatic rings. The molecule has 0 unspecified atom stereocenters. The summed E-state index contributed by atoms with van der Waals surface area (Å²) in [5.74, 6) is 0.736. The monoisotopic (exact) mass is 544 g/mol. The van der Waals surface area contributed by atoms with Crippen LogP contribution in [0.5, 0.6) is 11.5 Å². The van der Waals surface area contributed by atoms with Crippen molar-refractivity contribution < 1.29 is 19.4 Å². The number of phenolic OH excluding ortho intramolecular Hbond substituents is 1. The molecule has 1 aromatic heterocycles. The molecule has 0 bridgehead atoms. The van der Waals surface area contributed by atoms with Crippen LogP contribution in [-0.2, 0) is 4.79 Å². The van der Waals surface area contributed by atoms with Crippen LogP contribution >= 0.6 is 11.6 Å². The van der Waals surface area contributed by atoms with Crippen LogP contribution in [0.4, 0.5) is 5.82 Å². The summed E-state index contributed by atoms with van der Waals surface area (Å²) in [5.41, 5.74) is 3.49. The predicted octanol–water partition coefficient (Wildman–Crippen LogP) is 3.48. The maximum atomic E-state index is 12.9. The number of hydrogen-bond acceptors (Lipinski definition) is 8. The van der Waals surface area contributed by atoms with E-state index in [1.165, 1.54) is 24.4 Å². The maximum absolute atomic E-state index is 12.9. The molecule has 0 atom stereocenters. The average Bonchev–Trinajstić information content (AvgIpc) is 2.98. The van der Waals surface area contributed by atoms with Gasteiger partial charge in [0.2, 0.25) is 0 Å². The summed E-state index contributed by atoms with van der Waals surface area (Å²) in [6, 6.07) is 15.4. The molecule has 198 valence electrons. The van der Waals surface area contributed by atoms with Crippen molar-refractivity contribution >= 4 is 46.2 Å². The van der Waals surface area contributed by atoms with Gasteiger partial charge in [-0.05, 0) is 35.7 Å². The number of aromatic hydroxyl groups is 1. The fraction of sp³-hybridized carbons (Fsp3) is 0.179. The number of aromatic nitrogens is 2. The first kappa shape index (κ1) is 25.9. The standard InChI is InChI=1S/C28H25ClN6O4/c29-23-15-19(5-7-24(23)36)28(38)33-32-16-20-6-8-25(22-4-2-1-3-21(20)22)39-18-27(37)35-13-11-34(12-14-35)26-17-30-9-10-31-26/h1-10,15-17,36H,11-14,18H2,(H,33,38). The Balaban J connectivity index is 1.20. The summed E-state index contributed by atoms with van der Waals surface area (Å²) < 4.78 is 5.95. The molecule has 2 amide bonds. The lowest BCUT2D eigenvalue weighted by Gasteiger charge is -2.35. The Morgan fingerprint density at radius 1 is 1.05 bits per heavy atom. The zero-order valence-corrected chi connectivity index (χ0v) is 21.6. The van der Waals surface area contributed by atoms with Crippen LogP contribution in [0.25, 0.3) is 10.8 Å². The number of halogens is 1. The molecule has 2 heterocycles. The number of piperazine rings is 1. The van der Waals surface area contributed by atoms with E-state index in [4.69, 9.17) is 16.3 Å². The first-order valence-corrected chi connectivity index (χ1v) is 12.6. The minimum absolute atomic E-state index is 0.0756. The van der Waals surface area contributed by atoms with E-state index < -0.39 is 5.91 Å². The molecule has 0 radical (unpaired) electrons. The second-order valence-electron chi connectivity index (χ2n) is 8.78. The van der Waals surface area contributed by atoms with E-state index in [0.29, 0.717) is 31.9 Å². The van der Waals surface area contributed by atoms with E-state index in [9.17, 15) is 14.7 Å². The topological polar surface area (TPSA) is 120 Å². The summed E-state index contributed by atoms with van der Waals surface area (Å²) in [7, 11) is 0. The van der Waals surface area contributed by atoms with Gasteiger partial charge in [-0.25, -0.2) is 10.4 Å². The summed E-state index contributed by atoms with van der Waals surface area (Å²) >= 11 is 5.88. The number of nitrogens with zero attached hydrogens (tertiary/aromatic N) is 5. The molecular formula is C28H25ClN6O4. The molecule has 11 heteroatoms. The minimum atomic E-state index is -0.464. The zero-order chi connectivity index (χ0) is 27.2. The number of amides is 2. The SMILES string of the molecule is O=C(NN=Cc1ccc(OCC(=O)N2CCN(c3cnccn3)CC2)c2ccccc12)c1ccc(O)c(Cl)c1. The molecule has 5 rings (SSSR count). The minimum Gasteiger partial charge on any atom is -0.506 e. The fourth-order valence-electron chi connectivity index (χ4n) is 4.28.